The Morgan fingerprint density at radius 3 is 3.00 bits per heavy atom. The van der Waals surface area contributed by atoms with Crippen molar-refractivity contribution in [1.29, 1.82) is 5.26 Å². The lowest BCUT2D eigenvalue weighted by atomic mass is 10.2. The zero-order valence-electron chi connectivity index (χ0n) is 6.41. The van der Waals surface area contributed by atoms with E-state index >= 15 is 0 Å². The van der Waals surface area contributed by atoms with Crippen molar-refractivity contribution in [1.82, 2.24) is 4.98 Å². The van der Waals surface area contributed by atoms with Crippen LogP contribution in [-0.2, 0) is 0 Å². The fraction of sp³-hybridized carbons (Fsp3) is 0. The number of halogens is 1. The fourth-order valence-electron chi connectivity index (χ4n) is 1.08. The van der Waals surface area contributed by atoms with Crippen LogP contribution < -0.4 is 5.73 Å². The number of nitrogens with zero attached hydrogens (tertiary/aromatic N) is 2. The number of rotatable bonds is 0. The Balaban J connectivity index is 2.94. The Kier molecular flexibility index (Phi) is 1.64. The molecule has 0 bridgehead atoms. The highest BCUT2D eigenvalue weighted by Crippen LogP contribution is 2.28. The van der Waals surface area contributed by atoms with Gasteiger partial charge >= 0.3 is 0 Å². The van der Waals surface area contributed by atoms with E-state index < -0.39 is 5.82 Å². The molecule has 2 rings (SSSR count). The first-order valence-electron chi connectivity index (χ1n) is 3.47. The minimum absolute atomic E-state index is 0.182. The third kappa shape index (κ3) is 1.12. The molecule has 0 aliphatic heterocycles. The molecule has 0 radical (unpaired) electrons. The fourth-order valence-corrected chi connectivity index (χ4v) is 1.89. The maximum absolute atomic E-state index is 13.1. The maximum Gasteiger partial charge on any atom is 0.181 e. The standard InChI is InChI=1S/C8H4FN3S/c9-5-2-1-4(3-10)7-6(5)12-8(11)13-7/h1-2H,(H2,11,12). The van der Waals surface area contributed by atoms with Gasteiger partial charge in [0.15, 0.2) is 5.13 Å². The van der Waals surface area contributed by atoms with Crippen LogP contribution in [0.3, 0.4) is 0 Å². The van der Waals surface area contributed by atoms with Crippen LogP contribution in [0.2, 0.25) is 0 Å². The largest absolute Gasteiger partial charge is 0.375 e. The summed E-state index contributed by atoms with van der Waals surface area (Å²) in [4.78, 5) is 3.79. The summed E-state index contributed by atoms with van der Waals surface area (Å²) in [5.41, 5.74) is 6.00. The van der Waals surface area contributed by atoms with E-state index in [-0.39, 0.29) is 10.6 Å². The summed E-state index contributed by atoms with van der Waals surface area (Å²) in [6, 6.07) is 4.61. The molecule has 0 saturated carbocycles. The van der Waals surface area contributed by atoms with Gasteiger partial charge in [-0.25, -0.2) is 9.37 Å². The molecule has 5 heteroatoms. The zero-order chi connectivity index (χ0) is 9.42. The second kappa shape index (κ2) is 2.68. The molecule has 0 saturated heterocycles. The second-order valence-corrected chi connectivity index (χ2v) is 3.47. The molecule has 1 heterocycles. The zero-order valence-corrected chi connectivity index (χ0v) is 7.23. The van der Waals surface area contributed by atoms with Crippen LogP contribution in [0.4, 0.5) is 9.52 Å². The van der Waals surface area contributed by atoms with Gasteiger partial charge in [-0.15, -0.1) is 0 Å². The highest BCUT2D eigenvalue weighted by molar-refractivity contribution is 7.22. The smallest absolute Gasteiger partial charge is 0.181 e. The first kappa shape index (κ1) is 7.95. The van der Waals surface area contributed by atoms with Gasteiger partial charge in [-0.1, -0.05) is 11.3 Å². The van der Waals surface area contributed by atoms with E-state index in [1.165, 1.54) is 12.1 Å². The molecule has 0 atom stereocenters. The van der Waals surface area contributed by atoms with Gasteiger partial charge in [-0.3, -0.25) is 0 Å². The lowest BCUT2D eigenvalue weighted by Crippen LogP contribution is -1.82. The van der Waals surface area contributed by atoms with E-state index in [4.69, 9.17) is 11.0 Å². The average Bonchev–Trinajstić information content (AvgIpc) is 2.48. The summed E-state index contributed by atoms with van der Waals surface area (Å²) in [5, 5.41) is 8.98. The van der Waals surface area contributed by atoms with E-state index in [1.54, 1.807) is 0 Å². The quantitative estimate of drug-likeness (QED) is 0.694. The van der Waals surface area contributed by atoms with Crippen LogP contribution in [0.5, 0.6) is 0 Å². The molecular formula is C8H4FN3S. The van der Waals surface area contributed by atoms with Crippen molar-refractivity contribution in [3.05, 3.63) is 23.5 Å². The molecule has 0 spiro atoms. The van der Waals surface area contributed by atoms with Gasteiger partial charge in [0.05, 0.1) is 10.3 Å². The van der Waals surface area contributed by atoms with Crippen molar-refractivity contribution < 1.29 is 4.39 Å². The van der Waals surface area contributed by atoms with Gasteiger partial charge < -0.3 is 5.73 Å². The third-order valence-electron chi connectivity index (χ3n) is 1.63. The van der Waals surface area contributed by atoms with Gasteiger partial charge in [-0.05, 0) is 12.1 Å². The number of nitrogens with two attached hydrogens (primary N) is 1. The Bertz CT molecular complexity index is 512. The molecule has 1 aromatic carbocycles. The molecule has 3 nitrogen and oxygen atoms in total. The predicted molar refractivity (Wildman–Crippen MR) is 48.7 cm³/mol. The summed E-state index contributed by atoms with van der Waals surface area (Å²) in [6.07, 6.45) is 0. The predicted octanol–water partition coefficient (Wildman–Crippen LogP) is 1.89. The van der Waals surface area contributed by atoms with E-state index in [0.29, 0.717) is 10.3 Å². The number of hydrogen-bond acceptors (Lipinski definition) is 4. The first-order chi connectivity index (χ1) is 6.22. The summed E-state index contributed by atoms with van der Waals surface area (Å²) < 4.78 is 13.6. The molecule has 2 N–H and O–H groups in total. The number of anilines is 1. The highest BCUT2D eigenvalue weighted by atomic mass is 32.1. The lowest BCUT2D eigenvalue weighted by Gasteiger charge is -1.91. The van der Waals surface area contributed by atoms with Crippen molar-refractivity contribution in [3.8, 4) is 6.07 Å². The molecule has 2 aromatic rings. The average molecular weight is 193 g/mol. The SMILES string of the molecule is N#Cc1ccc(F)c2nc(N)sc12. The van der Waals surface area contributed by atoms with Crippen LogP contribution in [-0.4, -0.2) is 4.98 Å². The number of nitriles is 1. The summed E-state index contributed by atoms with van der Waals surface area (Å²) in [6.45, 7) is 0. The molecular weight excluding hydrogens is 189 g/mol. The number of benzene rings is 1. The van der Waals surface area contributed by atoms with E-state index in [9.17, 15) is 4.39 Å². The van der Waals surface area contributed by atoms with Gasteiger partial charge in [0, 0.05) is 0 Å². The van der Waals surface area contributed by atoms with Crippen LogP contribution in [0, 0.1) is 17.1 Å². The van der Waals surface area contributed by atoms with E-state index in [2.05, 4.69) is 4.98 Å². The number of fused-ring (bicyclic) bond motifs is 1. The third-order valence-corrected chi connectivity index (χ3v) is 2.55. The Morgan fingerprint density at radius 2 is 2.31 bits per heavy atom. The van der Waals surface area contributed by atoms with Crippen molar-refractivity contribution in [2.45, 2.75) is 0 Å². The van der Waals surface area contributed by atoms with Gasteiger partial charge in [0.25, 0.3) is 0 Å². The van der Waals surface area contributed by atoms with E-state index in [1.807, 2.05) is 6.07 Å². The first-order valence-corrected chi connectivity index (χ1v) is 4.28. The minimum Gasteiger partial charge on any atom is -0.375 e. The van der Waals surface area contributed by atoms with Crippen molar-refractivity contribution in [3.63, 3.8) is 0 Å². The van der Waals surface area contributed by atoms with Crippen LogP contribution in [0.25, 0.3) is 10.2 Å². The molecule has 0 fully saturated rings. The Morgan fingerprint density at radius 1 is 1.54 bits per heavy atom. The van der Waals surface area contributed by atoms with Crippen molar-refractivity contribution >= 4 is 26.7 Å². The lowest BCUT2D eigenvalue weighted by molar-refractivity contribution is 0.637. The molecule has 0 amide bonds. The Labute approximate surface area is 77.2 Å². The summed E-state index contributed by atoms with van der Waals surface area (Å²) in [7, 11) is 0. The second-order valence-electron chi connectivity index (χ2n) is 2.44. The molecule has 64 valence electrons. The van der Waals surface area contributed by atoms with Crippen molar-refractivity contribution in [2.75, 3.05) is 5.73 Å². The Hall–Kier alpha value is -1.67. The summed E-state index contributed by atoms with van der Waals surface area (Å²) >= 11 is 1.12. The molecule has 13 heavy (non-hydrogen) atoms. The van der Waals surface area contributed by atoms with Crippen LogP contribution in [0.15, 0.2) is 12.1 Å². The highest BCUT2D eigenvalue weighted by Gasteiger charge is 2.10. The number of nitrogen functional groups attached to an aromatic ring is 1. The summed E-state index contributed by atoms with van der Waals surface area (Å²) in [5.74, 6) is -0.443. The van der Waals surface area contributed by atoms with Crippen molar-refractivity contribution in [2.24, 2.45) is 0 Å². The van der Waals surface area contributed by atoms with Gasteiger partial charge in [0.1, 0.15) is 17.4 Å². The molecule has 1 aromatic heterocycles. The molecule has 0 aliphatic carbocycles. The van der Waals surface area contributed by atoms with Crippen LogP contribution in [0.1, 0.15) is 5.56 Å². The monoisotopic (exact) mass is 193 g/mol. The normalized spacial score (nSPS) is 10.2. The minimum atomic E-state index is -0.443. The van der Waals surface area contributed by atoms with Gasteiger partial charge in [0.2, 0.25) is 0 Å². The van der Waals surface area contributed by atoms with Crippen LogP contribution >= 0.6 is 11.3 Å². The number of aromatic nitrogens is 1. The van der Waals surface area contributed by atoms with E-state index in [0.717, 1.165) is 11.3 Å². The van der Waals surface area contributed by atoms with Gasteiger partial charge in [-0.2, -0.15) is 5.26 Å². The maximum atomic E-state index is 13.1. The molecule has 0 unspecified atom stereocenters. The number of thiazole rings is 1. The molecule has 0 aliphatic rings. The number of hydrogen-bond donors (Lipinski definition) is 1. The topological polar surface area (TPSA) is 62.7 Å².